The van der Waals surface area contributed by atoms with Gasteiger partial charge in [0.05, 0.1) is 16.4 Å². The van der Waals surface area contributed by atoms with E-state index in [4.69, 9.17) is 0 Å². The molecule has 0 saturated carbocycles. The van der Waals surface area contributed by atoms with Gasteiger partial charge in [-0.1, -0.05) is 0 Å². The molecule has 0 aliphatic heterocycles. The second-order valence-electron chi connectivity index (χ2n) is 4.19. The minimum absolute atomic E-state index is 0.238. The summed E-state index contributed by atoms with van der Waals surface area (Å²) in [6.45, 7) is 1.98. The maximum atomic E-state index is 12.9. The lowest BCUT2D eigenvalue weighted by molar-refractivity contribution is 0.628. The fourth-order valence-corrected chi connectivity index (χ4v) is 2.45. The van der Waals surface area contributed by atoms with Crippen molar-refractivity contribution in [3.63, 3.8) is 0 Å². The van der Waals surface area contributed by atoms with Gasteiger partial charge in [0.25, 0.3) is 0 Å². The molecule has 0 bridgehead atoms. The third-order valence-electron chi connectivity index (χ3n) is 2.82. The molecule has 0 spiro atoms. The molecular weight excluding hydrogens is 259 g/mol. The summed E-state index contributed by atoms with van der Waals surface area (Å²) in [5.41, 5.74) is 3.67. The van der Waals surface area contributed by atoms with Gasteiger partial charge in [-0.2, -0.15) is 0 Å². The van der Waals surface area contributed by atoms with E-state index in [-0.39, 0.29) is 5.82 Å². The van der Waals surface area contributed by atoms with E-state index in [9.17, 15) is 4.39 Å². The zero-order valence-electron chi connectivity index (χ0n) is 10.3. The van der Waals surface area contributed by atoms with E-state index in [0.717, 1.165) is 27.5 Å². The van der Waals surface area contributed by atoms with E-state index in [2.05, 4.69) is 9.97 Å². The first kappa shape index (κ1) is 12.0. The fraction of sp³-hybridized carbons (Fsp3) is 0.0667. The summed E-state index contributed by atoms with van der Waals surface area (Å²) in [7, 11) is 0. The molecule has 2 heterocycles. The van der Waals surface area contributed by atoms with Gasteiger partial charge in [-0.25, -0.2) is 9.37 Å². The molecule has 0 unspecified atom stereocenters. The second-order valence-corrected chi connectivity index (χ2v) is 5.25. The van der Waals surface area contributed by atoms with E-state index >= 15 is 0 Å². The van der Waals surface area contributed by atoms with Crippen LogP contribution in [-0.4, -0.2) is 9.97 Å². The molecular formula is C15H11FN2S. The Labute approximate surface area is 114 Å². The van der Waals surface area contributed by atoms with Crippen LogP contribution in [0, 0.1) is 12.7 Å². The van der Waals surface area contributed by atoms with Crippen LogP contribution in [0.25, 0.3) is 22.5 Å². The maximum absolute atomic E-state index is 12.9. The molecule has 2 aromatic heterocycles. The van der Waals surface area contributed by atoms with Crippen molar-refractivity contribution in [2.24, 2.45) is 0 Å². The molecule has 0 fully saturated rings. The van der Waals surface area contributed by atoms with E-state index in [1.165, 1.54) is 12.1 Å². The predicted molar refractivity (Wildman–Crippen MR) is 75.5 cm³/mol. The van der Waals surface area contributed by atoms with Crippen LogP contribution >= 0.6 is 11.3 Å². The first-order valence-electron chi connectivity index (χ1n) is 5.87. The van der Waals surface area contributed by atoms with Gasteiger partial charge in [-0.15, -0.1) is 11.3 Å². The highest BCUT2D eigenvalue weighted by Gasteiger charge is 2.04. The highest BCUT2D eigenvalue weighted by atomic mass is 32.1. The smallest absolute Gasteiger partial charge is 0.123 e. The highest BCUT2D eigenvalue weighted by Crippen LogP contribution is 2.23. The lowest BCUT2D eigenvalue weighted by Gasteiger charge is -2.02. The van der Waals surface area contributed by atoms with Gasteiger partial charge in [-0.05, 0) is 43.3 Å². The van der Waals surface area contributed by atoms with E-state index in [0.29, 0.717) is 0 Å². The molecule has 0 N–H and O–H groups in total. The number of rotatable bonds is 2. The SMILES string of the molecule is Cc1nc(-c2ccc(-c3ccc(F)cc3)nc2)cs1. The molecule has 1 aromatic carbocycles. The van der Waals surface area contributed by atoms with E-state index < -0.39 is 0 Å². The third kappa shape index (κ3) is 2.53. The molecule has 0 aliphatic carbocycles. The first-order valence-corrected chi connectivity index (χ1v) is 6.75. The number of thiazole rings is 1. The lowest BCUT2D eigenvalue weighted by Crippen LogP contribution is -1.85. The molecule has 0 saturated heterocycles. The number of halogens is 1. The Morgan fingerprint density at radius 3 is 2.26 bits per heavy atom. The van der Waals surface area contributed by atoms with Gasteiger partial charge in [0.2, 0.25) is 0 Å². The second kappa shape index (κ2) is 4.90. The van der Waals surface area contributed by atoms with Crippen LogP contribution in [0.1, 0.15) is 5.01 Å². The molecule has 4 heteroatoms. The average molecular weight is 270 g/mol. The van der Waals surface area contributed by atoms with Crippen LogP contribution in [0.4, 0.5) is 4.39 Å². The number of benzene rings is 1. The van der Waals surface area contributed by atoms with Crippen LogP contribution in [0.5, 0.6) is 0 Å². The molecule has 0 radical (unpaired) electrons. The molecule has 0 atom stereocenters. The number of nitrogens with zero attached hydrogens (tertiary/aromatic N) is 2. The molecule has 19 heavy (non-hydrogen) atoms. The topological polar surface area (TPSA) is 25.8 Å². The summed E-state index contributed by atoms with van der Waals surface area (Å²) in [5, 5.41) is 3.06. The normalized spacial score (nSPS) is 10.6. The van der Waals surface area contributed by atoms with Gasteiger partial charge in [-0.3, -0.25) is 4.98 Å². The maximum Gasteiger partial charge on any atom is 0.123 e. The Bertz CT molecular complexity index is 687. The van der Waals surface area contributed by atoms with Crippen molar-refractivity contribution in [2.45, 2.75) is 6.92 Å². The monoisotopic (exact) mass is 270 g/mol. The number of aryl methyl sites for hydroxylation is 1. The molecule has 0 amide bonds. The zero-order chi connectivity index (χ0) is 13.2. The van der Waals surface area contributed by atoms with Crippen molar-refractivity contribution in [3.8, 4) is 22.5 Å². The molecule has 3 aromatic rings. The summed E-state index contributed by atoms with van der Waals surface area (Å²) in [6, 6.07) is 10.2. The van der Waals surface area contributed by atoms with Crippen molar-refractivity contribution >= 4 is 11.3 Å². The summed E-state index contributed by atoms with van der Waals surface area (Å²) in [4.78, 5) is 8.83. The lowest BCUT2D eigenvalue weighted by atomic mass is 10.1. The van der Waals surface area contributed by atoms with Crippen LogP contribution < -0.4 is 0 Å². The Kier molecular flexibility index (Phi) is 3.09. The van der Waals surface area contributed by atoms with Gasteiger partial charge in [0, 0.05) is 22.7 Å². The van der Waals surface area contributed by atoms with Gasteiger partial charge >= 0.3 is 0 Å². The minimum Gasteiger partial charge on any atom is -0.256 e. The van der Waals surface area contributed by atoms with Crippen molar-refractivity contribution < 1.29 is 4.39 Å². The Morgan fingerprint density at radius 1 is 0.947 bits per heavy atom. The summed E-state index contributed by atoms with van der Waals surface area (Å²) in [5.74, 6) is -0.238. The van der Waals surface area contributed by atoms with Crippen LogP contribution in [0.3, 0.4) is 0 Å². The first-order chi connectivity index (χ1) is 9.22. The summed E-state index contributed by atoms with van der Waals surface area (Å²) >= 11 is 1.62. The van der Waals surface area contributed by atoms with E-state index in [1.807, 2.05) is 24.4 Å². The van der Waals surface area contributed by atoms with Crippen LogP contribution in [0.15, 0.2) is 48.0 Å². The molecule has 3 rings (SSSR count). The van der Waals surface area contributed by atoms with Crippen LogP contribution in [-0.2, 0) is 0 Å². The Balaban J connectivity index is 1.92. The zero-order valence-corrected chi connectivity index (χ0v) is 11.1. The number of aromatic nitrogens is 2. The number of hydrogen-bond acceptors (Lipinski definition) is 3. The van der Waals surface area contributed by atoms with Gasteiger partial charge in [0.1, 0.15) is 5.82 Å². The minimum atomic E-state index is -0.238. The third-order valence-corrected chi connectivity index (χ3v) is 3.59. The van der Waals surface area contributed by atoms with Crippen molar-refractivity contribution in [1.82, 2.24) is 9.97 Å². The fourth-order valence-electron chi connectivity index (χ4n) is 1.83. The standard InChI is InChI=1S/C15H11FN2S/c1-10-18-15(9-19-10)12-4-7-14(17-8-12)11-2-5-13(16)6-3-11/h2-9H,1H3. The predicted octanol–water partition coefficient (Wildman–Crippen LogP) is 4.32. The van der Waals surface area contributed by atoms with Gasteiger partial charge < -0.3 is 0 Å². The van der Waals surface area contributed by atoms with Crippen molar-refractivity contribution in [2.75, 3.05) is 0 Å². The average Bonchev–Trinajstić information content (AvgIpc) is 2.87. The summed E-state index contributed by atoms with van der Waals surface area (Å²) < 4.78 is 12.9. The van der Waals surface area contributed by atoms with E-state index in [1.54, 1.807) is 29.7 Å². The Morgan fingerprint density at radius 2 is 1.68 bits per heavy atom. The quantitative estimate of drug-likeness (QED) is 0.693. The van der Waals surface area contributed by atoms with Crippen LogP contribution in [0.2, 0.25) is 0 Å². The van der Waals surface area contributed by atoms with Gasteiger partial charge in [0.15, 0.2) is 0 Å². The molecule has 94 valence electrons. The summed E-state index contributed by atoms with van der Waals surface area (Å²) in [6.07, 6.45) is 1.80. The highest BCUT2D eigenvalue weighted by molar-refractivity contribution is 7.09. The van der Waals surface area contributed by atoms with Crippen molar-refractivity contribution in [1.29, 1.82) is 0 Å². The Hall–Kier alpha value is -2.07. The number of pyridine rings is 1. The largest absolute Gasteiger partial charge is 0.256 e. The van der Waals surface area contributed by atoms with Crippen molar-refractivity contribution in [3.05, 3.63) is 58.8 Å². The molecule has 0 aliphatic rings. The number of hydrogen-bond donors (Lipinski definition) is 0. The molecule has 2 nitrogen and oxygen atoms in total.